The number of phenols is 1. The van der Waals surface area contributed by atoms with Crippen LogP contribution in [0.5, 0.6) is 5.75 Å². The number of benzene rings is 1. The summed E-state index contributed by atoms with van der Waals surface area (Å²) >= 11 is 2.80. The minimum atomic E-state index is -4.84. The van der Waals surface area contributed by atoms with Gasteiger partial charge in [-0.3, -0.25) is 0 Å². The lowest BCUT2D eigenvalue weighted by molar-refractivity contribution is -0.149. The Hall–Kier alpha value is -1.28. The maximum Gasteiger partial charge on any atom is 0.407 e. The normalized spacial score (nSPS) is 13.5. The number of hydrogen-bond acceptors (Lipinski definition) is 3. The molecule has 4 N–H and O–H groups in total. The third-order valence-corrected chi connectivity index (χ3v) is 2.70. The van der Waals surface area contributed by atoms with Crippen molar-refractivity contribution in [2.45, 2.75) is 12.2 Å². The summed E-state index contributed by atoms with van der Waals surface area (Å²) in [6.45, 7) is 0. The third-order valence-electron chi connectivity index (χ3n) is 2.06. The van der Waals surface area contributed by atoms with Crippen LogP contribution in [0.4, 0.5) is 13.2 Å². The van der Waals surface area contributed by atoms with Crippen molar-refractivity contribution in [3.8, 4) is 5.75 Å². The SMILES string of the molecule is N[C@@H](c1c(C(=O)O)ccc(Br)c1O)C(F)(F)F. The Morgan fingerprint density at radius 2 is 1.94 bits per heavy atom. The monoisotopic (exact) mass is 313 g/mol. The van der Waals surface area contributed by atoms with Gasteiger partial charge in [-0.1, -0.05) is 0 Å². The second kappa shape index (κ2) is 4.53. The molecule has 1 aromatic carbocycles. The van der Waals surface area contributed by atoms with Crippen LogP contribution in [0.1, 0.15) is 22.0 Å². The number of aromatic hydroxyl groups is 1. The molecule has 0 heterocycles. The van der Waals surface area contributed by atoms with Gasteiger partial charge < -0.3 is 15.9 Å². The number of carbonyl (C=O) groups is 1. The van der Waals surface area contributed by atoms with E-state index in [0.717, 1.165) is 12.1 Å². The van der Waals surface area contributed by atoms with Crippen LogP contribution < -0.4 is 5.73 Å². The van der Waals surface area contributed by atoms with Crippen LogP contribution in [-0.4, -0.2) is 22.4 Å². The van der Waals surface area contributed by atoms with Gasteiger partial charge in [-0.25, -0.2) is 4.79 Å². The second-order valence-electron chi connectivity index (χ2n) is 3.18. The number of hydrogen-bond donors (Lipinski definition) is 3. The molecule has 0 radical (unpaired) electrons. The Kier molecular flexibility index (Phi) is 3.68. The Bertz CT molecular complexity index is 462. The fraction of sp³-hybridized carbons (Fsp3) is 0.222. The summed E-state index contributed by atoms with van der Waals surface area (Å²) in [5, 5.41) is 18.2. The van der Waals surface area contributed by atoms with E-state index in [-0.39, 0.29) is 4.47 Å². The molecule has 0 fully saturated rings. The minimum absolute atomic E-state index is 0.0581. The molecule has 1 rings (SSSR count). The molecule has 0 aliphatic rings. The largest absolute Gasteiger partial charge is 0.506 e. The van der Waals surface area contributed by atoms with Gasteiger partial charge in [-0.15, -0.1) is 0 Å². The van der Waals surface area contributed by atoms with Gasteiger partial charge in [0, 0.05) is 5.56 Å². The zero-order valence-electron chi connectivity index (χ0n) is 8.12. The first-order chi connectivity index (χ1) is 7.66. The van der Waals surface area contributed by atoms with E-state index in [1.54, 1.807) is 0 Å². The molecule has 17 heavy (non-hydrogen) atoms. The van der Waals surface area contributed by atoms with E-state index >= 15 is 0 Å². The fourth-order valence-corrected chi connectivity index (χ4v) is 1.59. The Morgan fingerprint density at radius 1 is 1.41 bits per heavy atom. The molecule has 1 atom stereocenters. The van der Waals surface area contributed by atoms with E-state index in [1.165, 1.54) is 0 Å². The summed E-state index contributed by atoms with van der Waals surface area (Å²) in [6, 6.07) is -0.496. The van der Waals surface area contributed by atoms with Crippen LogP contribution in [0.15, 0.2) is 16.6 Å². The number of carboxylic acids is 1. The number of nitrogens with two attached hydrogens (primary N) is 1. The van der Waals surface area contributed by atoms with E-state index < -0.39 is 35.1 Å². The van der Waals surface area contributed by atoms with Crippen molar-refractivity contribution in [3.63, 3.8) is 0 Å². The smallest absolute Gasteiger partial charge is 0.407 e. The summed E-state index contributed by atoms with van der Waals surface area (Å²) in [5.74, 6) is -2.42. The number of halogens is 4. The molecule has 0 bridgehead atoms. The lowest BCUT2D eigenvalue weighted by Crippen LogP contribution is -2.30. The molecule has 0 aliphatic heterocycles. The highest BCUT2D eigenvalue weighted by molar-refractivity contribution is 9.10. The Balaban J connectivity index is 3.49. The van der Waals surface area contributed by atoms with Gasteiger partial charge in [0.15, 0.2) is 0 Å². The lowest BCUT2D eigenvalue weighted by atomic mass is 9.99. The highest BCUT2D eigenvalue weighted by atomic mass is 79.9. The number of alkyl halides is 3. The molecule has 8 heteroatoms. The topological polar surface area (TPSA) is 83.6 Å². The van der Waals surface area contributed by atoms with Crippen LogP contribution in [0, 0.1) is 0 Å². The van der Waals surface area contributed by atoms with Crippen LogP contribution in [-0.2, 0) is 0 Å². The fourth-order valence-electron chi connectivity index (χ4n) is 1.25. The average molecular weight is 314 g/mol. The van der Waals surface area contributed by atoms with E-state index in [0.29, 0.717) is 0 Å². The van der Waals surface area contributed by atoms with E-state index in [4.69, 9.17) is 10.8 Å². The molecular weight excluding hydrogens is 307 g/mol. The molecule has 1 aromatic rings. The first-order valence-corrected chi connectivity index (χ1v) is 5.02. The van der Waals surface area contributed by atoms with Crippen LogP contribution in [0.25, 0.3) is 0 Å². The first-order valence-electron chi connectivity index (χ1n) is 4.23. The number of phenolic OH excluding ortho intramolecular Hbond substituents is 1. The zero-order valence-corrected chi connectivity index (χ0v) is 9.71. The molecule has 0 amide bonds. The van der Waals surface area contributed by atoms with Crippen molar-refractivity contribution >= 4 is 21.9 Å². The highest BCUT2D eigenvalue weighted by Gasteiger charge is 2.41. The predicted molar refractivity (Wildman–Crippen MR) is 55.7 cm³/mol. The number of carboxylic acid groups (broad SMARTS) is 1. The van der Waals surface area contributed by atoms with Crippen molar-refractivity contribution in [1.29, 1.82) is 0 Å². The molecule has 0 unspecified atom stereocenters. The van der Waals surface area contributed by atoms with Gasteiger partial charge in [-0.05, 0) is 28.1 Å². The molecule has 0 aliphatic carbocycles. The second-order valence-corrected chi connectivity index (χ2v) is 4.04. The standard InChI is InChI=1S/C9H7BrF3NO3/c10-4-2-1-3(8(16)17)5(6(4)15)7(14)9(11,12)13/h1-2,7,15H,14H2,(H,16,17)/t7-/m0/s1. The van der Waals surface area contributed by atoms with Gasteiger partial charge in [0.25, 0.3) is 0 Å². The maximum absolute atomic E-state index is 12.4. The average Bonchev–Trinajstić information content (AvgIpc) is 2.19. The van der Waals surface area contributed by atoms with Gasteiger partial charge in [0.2, 0.25) is 0 Å². The quantitative estimate of drug-likeness (QED) is 0.783. The molecular formula is C9H7BrF3NO3. The van der Waals surface area contributed by atoms with Crippen molar-refractivity contribution < 1.29 is 28.2 Å². The van der Waals surface area contributed by atoms with Crippen LogP contribution in [0.2, 0.25) is 0 Å². The third kappa shape index (κ3) is 2.70. The molecule has 0 spiro atoms. The van der Waals surface area contributed by atoms with Crippen molar-refractivity contribution in [3.05, 3.63) is 27.7 Å². The van der Waals surface area contributed by atoms with Crippen molar-refractivity contribution in [2.24, 2.45) is 5.73 Å². The van der Waals surface area contributed by atoms with Crippen LogP contribution >= 0.6 is 15.9 Å². The van der Waals surface area contributed by atoms with E-state index in [9.17, 15) is 23.1 Å². The highest BCUT2D eigenvalue weighted by Crippen LogP contribution is 2.40. The van der Waals surface area contributed by atoms with Gasteiger partial charge in [-0.2, -0.15) is 13.2 Å². The molecule has 4 nitrogen and oxygen atoms in total. The Labute approximate surface area is 102 Å². The summed E-state index contributed by atoms with van der Waals surface area (Å²) in [4.78, 5) is 10.8. The maximum atomic E-state index is 12.4. The van der Waals surface area contributed by atoms with Gasteiger partial charge in [0.05, 0.1) is 10.0 Å². The van der Waals surface area contributed by atoms with E-state index in [2.05, 4.69) is 15.9 Å². The molecule has 0 saturated carbocycles. The van der Waals surface area contributed by atoms with Crippen molar-refractivity contribution in [2.75, 3.05) is 0 Å². The summed E-state index contributed by atoms with van der Waals surface area (Å²) in [5.41, 5.74) is 3.36. The number of aromatic carboxylic acids is 1. The Morgan fingerprint density at radius 3 is 2.35 bits per heavy atom. The molecule has 0 aromatic heterocycles. The summed E-state index contributed by atoms with van der Waals surface area (Å²) in [6.07, 6.45) is -4.84. The first kappa shape index (κ1) is 13.8. The molecule has 0 saturated heterocycles. The van der Waals surface area contributed by atoms with Crippen molar-refractivity contribution in [1.82, 2.24) is 0 Å². The summed E-state index contributed by atoms with van der Waals surface area (Å²) < 4.78 is 37.3. The van der Waals surface area contributed by atoms with E-state index in [1.807, 2.05) is 0 Å². The molecule has 94 valence electrons. The number of rotatable bonds is 2. The summed E-state index contributed by atoms with van der Waals surface area (Å²) in [7, 11) is 0. The van der Waals surface area contributed by atoms with Gasteiger partial charge >= 0.3 is 12.1 Å². The minimum Gasteiger partial charge on any atom is -0.506 e. The predicted octanol–water partition coefficient (Wildman–Crippen LogP) is 2.42. The van der Waals surface area contributed by atoms with Crippen LogP contribution in [0.3, 0.4) is 0 Å². The zero-order chi connectivity index (χ0) is 13.4. The lowest BCUT2D eigenvalue weighted by Gasteiger charge is -2.19. The van der Waals surface area contributed by atoms with Gasteiger partial charge in [0.1, 0.15) is 11.8 Å².